The highest BCUT2D eigenvalue weighted by molar-refractivity contribution is 6.39. The van der Waals surface area contributed by atoms with Crippen LogP contribution in [0.2, 0.25) is 0 Å². The quantitative estimate of drug-likeness (QED) is 0.324. The Kier molecular flexibility index (Phi) is 6.30. The van der Waals surface area contributed by atoms with Crippen molar-refractivity contribution in [1.29, 1.82) is 0 Å². The Morgan fingerprint density at radius 3 is 2.52 bits per heavy atom. The topological polar surface area (TPSA) is 100 Å². The number of carbonyl (C=O) groups is 2. The van der Waals surface area contributed by atoms with Crippen molar-refractivity contribution in [3.63, 3.8) is 0 Å². The molecule has 0 spiro atoms. The lowest BCUT2D eigenvalue weighted by molar-refractivity contribution is -0.136. The second-order valence-electron chi connectivity index (χ2n) is 4.84. The molecule has 2 rings (SSSR count). The highest BCUT2D eigenvalue weighted by Crippen LogP contribution is 2.15. The highest BCUT2D eigenvalue weighted by Gasteiger charge is 2.12. The summed E-state index contributed by atoms with van der Waals surface area (Å²) in [6.45, 7) is 3.93. The van der Waals surface area contributed by atoms with Crippen LogP contribution >= 0.6 is 0 Å². The molecule has 2 amide bonds. The van der Waals surface area contributed by atoms with Gasteiger partial charge >= 0.3 is 11.8 Å². The predicted octanol–water partition coefficient (Wildman–Crippen LogP) is 2.05. The maximum atomic E-state index is 11.8. The maximum absolute atomic E-state index is 11.8. The second kappa shape index (κ2) is 8.88. The van der Waals surface area contributed by atoms with E-state index in [9.17, 15) is 14.7 Å². The van der Waals surface area contributed by atoms with Gasteiger partial charge < -0.3 is 15.2 Å². The first-order chi connectivity index (χ1) is 12.1. The molecule has 0 aromatic heterocycles. The standard InChI is InChI=1S/C18H17N3O4/c1-2-11-25-15-9-7-14(8-10-15)20-17(23)18(24)21-19-12-13-5-3-4-6-16(13)22/h2-10,12,22H,1,11H2,(H,20,23)(H,21,24)/b19-12+. The summed E-state index contributed by atoms with van der Waals surface area (Å²) in [6, 6.07) is 13.0. The van der Waals surface area contributed by atoms with Crippen molar-refractivity contribution in [3.8, 4) is 11.5 Å². The van der Waals surface area contributed by atoms with Gasteiger partial charge in [0.1, 0.15) is 18.1 Å². The van der Waals surface area contributed by atoms with Gasteiger partial charge in [-0.15, -0.1) is 0 Å². The number of nitrogens with zero attached hydrogens (tertiary/aromatic N) is 1. The molecule has 25 heavy (non-hydrogen) atoms. The van der Waals surface area contributed by atoms with Gasteiger partial charge in [0.2, 0.25) is 0 Å². The molecule has 0 saturated carbocycles. The van der Waals surface area contributed by atoms with Crippen LogP contribution in [0, 0.1) is 0 Å². The number of rotatable bonds is 6. The fourth-order valence-corrected chi connectivity index (χ4v) is 1.79. The average molecular weight is 339 g/mol. The number of carbonyl (C=O) groups excluding carboxylic acids is 2. The zero-order valence-corrected chi connectivity index (χ0v) is 13.3. The van der Waals surface area contributed by atoms with Crippen molar-refractivity contribution in [2.75, 3.05) is 11.9 Å². The molecule has 0 aliphatic heterocycles. The minimum absolute atomic E-state index is 0.0173. The van der Waals surface area contributed by atoms with E-state index < -0.39 is 11.8 Å². The minimum atomic E-state index is -0.932. The summed E-state index contributed by atoms with van der Waals surface area (Å²) in [5.41, 5.74) is 2.94. The number of amides is 2. The molecule has 7 heteroatoms. The Balaban J connectivity index is 1.86. The Bertz CT molecular complexity index is 785. The molecule has 0 unspecified atom stereocenters. The molecule has 3 N–H and O–H groups in total. The molecule has 0 aliphatic rings. The first kappa shape index (κ1) is 17.7. The maximum Gasteiger partial charge on any atom is 0.329 e. The molecule has 0 bridgehead atoms. The van der Waals surface area contributed by atoms with Crippen LogP contribution < -0.4 is 15.5 Å². The van der Waals surface area contributed by atoms with E-state index in [1.54, 1.807) is 48.5 Å². The van der Waals surface area contributed by atoms with Crippen molar-refractivity contribution in [1.82, 2.24) is 5.43 Å². The van der Waals surface area contributed by atoms with Gasteiger partial charge in [-0.25, -0.2) is 5.43 Å². The Morgan fingerprint density at radius 2 is 1.84 bits per heavy atom. The third-order valence-electron chi connectivity index (χ3n) is 2.99. The lowest BCUT2D eigenvalue weighted by atomic mass is 10.2. The Morgan fingerprint density at radius 1 is 1.12 bits per heavy atom. The molecule has 2 aromatic carbocycles. The van der Waals surface area contributed by atoms with Crippen LogP contribution in [0.4, 0.5) is 5.69 Å². The van der Waals surface area contributed by atoms with Gasteiger partial charge in [0.05, 0.1) is 6.21 Å². The minimum Gasteiger partial charge on any atom is -0.507 e. The van der Waals surface area contributed by atoms with E-state index in [2.05, 4.69) is 22.4 Å². The Labute approximate surface area is 144 Å². The van der Waals surface area contributed by atoms with E-state index >= 15 is 0 Å². The molecule has 0 radical (unpaired) electrons. The predicted molar refractivity (Wildman–Crippen MR) is 94.6 cm³/mol. The van der Waals surface area contributed by atoms with Crippen LogP contribution in [0.15, 0.2) is 66.3 Å². The molecular weight excluding hydrogens is 322 g/mol. The van der Waals surface area contributed by atoms with E-state index in [0.29, 0.717) is 23.6 Å². The number of hydrogen-bond donors (Lipinski definition) is 3. The largest absolute Gasteiger partial charge is 0.507 e. The van der Waals surface area contributed by atoms with Crippen LogP contribution in [-0.4, -0.2) is 29.7 Å². The third-order valence-corrected chi connectivity index (χ3v) is 2.99. The Hall–Kier alpha value is -3.61. The number of para-hydroxylation sites is 1. The number of aromatic hydroxyl groups is 1. The summed E-state index contributed by atoms with van der Waals surface area (Å²) < 4.78 is 5.32. The van der Waals surface area contributed by atoms with Crippen LogP contribution in [-0.2, 0) is 9.59 Å². The van der Waals surface area contributed by atoms with Crippen LogP contribution in [0.5, 0.6) is 11.5 Å². The van der Waals surface area contributed by atoms with Crippen molar-refractivity contribution >= 4 is 23.7 Å². The number of benzene rings is 2. The fraction of sp³-hybridized carbons (Fsp3) is 0.0556. The highest BCUT2D eigenvalue weighted by atomic mass is 16.5. The number of phenolic OH excluding ortho intramolecular Hbond substituents is 1. The number of hydrazone groups is 1. The average Bonchev–Trinajstić information content (AvgIpc) is 2.62. The van der Waals surface area contributed by atoms with E-state index in [0.717, 1.165) is 0 Å². The van der Waals surface area contributed by atoms with Crippen molar-refractivity contribution in [3.05, 3.63) is 66.7 Å². The summed E-state index contributed by atoms with van der Waals surface area (Å²) >= 11 is 0. The van der Waals surface area contributed by atoms with Crippen molar-refractivity contribution < 1.29 is 19.4 Å². The van der Waals surface area contributed by atoms with Gasteiger partial charge in [-0.3, -0.25) is 9.59 Å². The molecule has 128 valence electrons. The van der Waals surface area contributed by atoms with Crippen molar-refractivity contribution in [2.24, 2.45) is 5.10 Å². The lowest BCUT2D eigenvalue weighted by Crippen LogP contribution is -2.32. The lowest BCUT2D eigenvalue weighted by Gasteiger charge is -2.06. The second-order valence-corrected chi connectivity index (χ2v) is 4.84. The molecule has 0 fully saturated rings. The van der Waals surface area contributed by atoms with E-state index in [4.69, 9.17) is 4.74 Å². The number of anilines is 1. The van der Waals surface area contributed by atoms with Crippen LogP contribution in [0.3, 0.4) is 0 Å². The summed E-state index contributed by atoms with van der Waals surface area (Å²) in [7, 11) is 0. The summed E-state index contributed by atoms with van der Waals surface area (Å²) in [5.74, 6) is -1.16. The van der Waals surface area contributed by atoms with Gasteiger partial charge in [0.25, 0.3) is 0 Å². The smallest absolute Gasteiger partial charge is 0.329 e. The van der Waals surface area contributed by atoms with E-state index in [-0.39, 0.29) is 5.75 Å². The molecule has 0 aliphatic carbocycles. The monoisotopic (exact) mass is 339 g/mol. The van der Waals surface area contributed by atoms with Gasteiger partial charge in [-0.05, 0) is 36.4 Å². The van der Waals surface area contributed by atoms with E-state index in [1.165, 1.54) is 12.3 Å². The van der Waals surface area contributed by atoms with Crippen LogP contribution in [0.25, 0.3) is 0 Å². The van der Waals surface area contributed by atoms with E-state index in [1.807, 2.05) is 0 Å². The molecule has 0 heterocycles. The molecule has 0 atom stereocenters. The van der Waals surface area contributed by atoms with Gasteiger partial charge in [-0.1, -0.05) is 24.8 Å². The summed E-state index contributed by atoms with van der Waals surface area (Å²) in [5, 5.41) is 15.6. The number of ether oxygens (including phenoxy) is 1. The van der Waals surface area contributed by atoms with Crippen molar-refractivity contribution in [2.45, 2.75) is 0 Å². The third kappa shape index (κ3) is 5.51. The molecular formula is C18H17N3O4. The number of phenols is 1. The summed E-state index contributed by atoms with van der Waals surface area (Å²) in [4.78, 5) is 23.5. The zero-order chi connectivity index (χ0) is 18.1. The molecule has 7 nitrogen and oxygen atoms in total. The first-order valence-corrected chi connectivity index (χ1v) is 7.36. The number of hydrogen-bond acceptors (Lipinski definition) is 5. The zero-order valence-electron chi connectivity index (χ0n) is 13.3. The normalized spacial score (nSPS) is 10.2. The van der Waals surface area contributed by atoms with Gasteiger partial charge in [0, 0.05) is 11.3 Å². The SMILES string of the molecule is C=CCOc1ccc(NC(=O)C(=O)N/N=C/c2ccccc2O)cc1. The fourth-order valence-electron chi connectivity index (χ4n) is 1.79. The first-order valence-electron chi connectivity index (χ1n) is 7.36. The molecule has 0 saturated heterocycles. The summed E-state index contributed by atoms with van der Waals surface area (Å²) in [6.07, 6.45) is 2.86. The number of nitrogens with one attached hydrogen (secondary N) is 2. The van der Waals surface area contributed by atoms with Crippen LogP contribution in [0.1, 0.15) is 5.56 Å². The van der Waals surface area contributed by atoms with Gasteiger partial charge in [0.15, 0.2) is 0 Å². The van der Waals surface area contributed by atoms with Gasteiger partial charge in [-0.2, -0.15) is 5.10 Å². The molecule has 2 aromatic rings.